The molecule has 2 N–H and O–H groups in total. The van der Waals surface area contributed by atoms with E-state index in [9.17, 15) is 9.59 Å². The van der Waals surface area contributed by atoms with Gasteiger partial charge in [-0.3, -0.25) is 24.8 Å². The molecule has 0 unspecified atom stereocenters. The fourth-order valence-electron chi connectivity index (χ4n) is 1.87. The molecule has 0 radical (unpaired) electrons. The van der Waals surface area contributed by atoms with E-state index in [2.05, 4.69) is 31.8 Å². The van der Waals surface area contributed by atoms with Crippen molar-refractivity contribution < 1.29 is 9.59 Å². The zero-order valence-corrected chi connectivity index (χ0v) is 13.6. The summed E-state index contributed by atoms with van der Waals surface area (Å²) >= 11 is 4.79. The van der Waals surface area contributed by atoms with Crippen molar-refractivity contribution in [1.29, 1.82) is 0 Å². The molecule has 2 aromatic heterocycles. The molecule has 8 heteroatoms. The summed E-state index contributed by atoms with van der Waals surface area (Å²) in [6.07, 6.45) is 3.78. The summed E-state index contributed by atoms with van der Waals surface area (Å²) in [5.74, 6) is -0.692. The largest absolute Gasteiger partial charge is 0.297 e. The van der Waals surface area contributed by atoms with E-state index in [0.29, 0.717) is 11.3 Å². The van der Waals surface area contributed by atoms with E-state index in [0.717, 1.165) is 9.43 Å². The van der Waals surface area contributed by atoms with E-state index in [1.807, 2.05) is 16.0 Å². The molecule has 1 aromatic carbocycles. The van der Waals surface area contributed by atoms with Crippen LogP contribution in [-0.2, 0) is 11.2 Å². The van der Waals surface area contributed by atoms with Crippen LogP contribution in [-0.4, -0.2) is 21.2 Å². The summed E-state index contributed by atoms with van der Waals surface area (Å²) < 4.78 is 2.74. The van der Waals surface area contributed by atoms with Crippen LogP contribution >= 0.6 is 27.3 Å². The number of hydrogen-bond donors (Lipinski definition) is 2. The maximum atomic E-state index is 11.9. The lowest BCUT2D eigenvalue weighted by atomic mass is 10.2. The van der Waals surface area contributed by atoms with Gasteiger partial charge in [-0.1, -0.05) is 15.9 Å². The molecular formula is C14H11BrN4O2S. The standard InChI is InChI=1S/C14H11BrN4O2S/c15-10-3-1-9(2-4-10)13(21)18-17-12(20)7-11-8-19-5-6-22-14(19)16-11/h1-6,8H,7H2,(H,17,20)(H,18,21). The summed E-state index contributed by atoms with van der Waals surface area (Å²) in [6.45, 7) is 0. The molecule has 0 bridgehead atoms. The van der Waals surface area contributed by atoms with Crippen molar-refractivity contribution in [2.24, 2.45) is 0 Å². The number of imidazole rings is 1. The van der Waals surface area contributed by atoms with Gasteiger partial charge in [-0.25, -0.2) is 4.98 Å². The van der Waals surface area contributed by atoms with Gasteiger partial charge in [0, 0.05) is 27.8 Å². The van der Waals surface area contributed by atoms with Gasteiger partial charge in [0.05, 0.1) is 12.1 Å². The molecule has 0 saturated carbocycles. The molecule has 0 spiro atoms. The van der Waals surface area contributed by atoms with Gasteiger partial charge in [-0.15, -0.1) is 11.3 Å². The highest BCUT2D eigenvalue weighted by molar-refractivity contribution is 9.10. The molecule has 0 aliphatic rings. The Balaban J connectivity index is 1.54. The van der Waals surface area contributed by atoms with E-state index in [1.165, 1.54) is 11.3 Å². The van der Waals surface area contributed by atoms with Crippen molar-refractivity contribution in [2.45, 2.75) is 6.42 Å². The molecule has 0 aliphatic carbocycles. The molecule has 3 rings (SSSR count). The number of hydrazine groups is 1. The van der Waals surface area contributed by atoms with Crippen LogP contribution in [0, 0.1) is 0 Å². The summed E-state index contributed by atoms with van der Waals surface area (Å²) in [5.41, 5.74) is 5.88. The van der Waals surface area contributed by atoms with Gasteiger partial charge in [0.15, 0.2) is 4.96 Å². The highest BCUT2D eigenvalue weighted by atomic mass is 79.9. The fraction of sp³-hybridized carbons (Fsp3) is 0.0714. The quantitative estimate of drug-likeness (QED) is 0.685. The van der Waals surface area contributed by atoms with Crippen LogP contribution in [0.1, 0.15) is 16.1 Å². The zero-order chi connectivity index (χ0) is 15.5. The van der Waals surface area contributed by atoms with E-state index >= 15 is 0 Å². The Labute approximate surface area is 138 Å². The van der Waals surface area contributed by atoms with Crippen LogP contribution in [0.2, 0.25) is 0 Å². The SMILES string of the molecule is O=C(Cc1cn2ccsc2n1)NNC(=O)c1ccc(Br)cc1. The Morgan fingerprint density at radius 2 is 2.00 bits per heavy atom. The molecule has 6 nitrogen and oxygen atoms in total. The second kappa shape index (κ2) is 6.29. The molecule has 2 heterocycles. The van der Waals surface area contributed by atoms with Gasteiger partial charge in [-0.2, -0.15) is 0 Å². The van der Waals surface area contributed by atoms with Crippen molar-refractivity contribution in [3.63, 3.8) is 0 Å². The van der Waals surface area contributed by atoms with Gasteiger partial charge in [0.2, 0.25) is 5.91 Å². The number of aromatic nitrogens is 2. The Hall–Kier alpha value is -2.19. The van der Waals surface area contributed by atoms with Crippen LogP contribution in [0.15, 0.2) is 46.5 Å². The maximum absolute atomic E-state index is 11.9. The predicted octanol–water partition coefficient (Wildman–Crippen LogP) is 2.16. The number of halogens is 1. The third-order valence-electron chi connectivity index (χ3n) is 2.91. The molecule has 0 atom stereocenters. The number of amides is 2. The Morgan fingerprint density at radius 3 is 2.73 bits per heavy atom. The monoisotopic (exact) mass is 378 g/mol. The zero-order valence-electron chi connectivity index (χ0n) is 11.2. The van der Waals surface area contributed by atoms with E-state index in [4.69, 9.17) is 0 Å². The predicted molar refractivity (Wildman–Crippen MR) is 86.5 cm³/mol. The van der Waals surface area contributed by atoms with Crippen molar-refractivity contribution in [3.8, 4) is 0 Å². The number of rotatable bonds is 3. The Morgan fingerprint density at radius 1 is 1.23 bits per heavy atom. The topological polar surface area (TPSA) is 75.5 Å². The average Bonchev–Trinajstić information content (AvgIpc) is 3.06. The molecular weight excluding hydrogens is 368 g/mol. The van der Waals surface area contributed by atoms with Gasteiger partial charge in [0.25, 0.3) is 5.91 Å². The van der Waals surface area contributed by atoms with Gasteiger partial charge >= 0.3 is 0 Å². The minimum absolute atomic E-state index is 0.106. The second-order valence-electron chi connectivity index (χ2n) is 4.51. The highest BCUT2D eigenvalue weighted by Crippen LogP contribution is 2.12. The molecule has 3 aromatic rings. The van der Waals surface area contributed by atoms with Crippen LogP contribution in [0.3, 0.4) is 0 Å². The Kier molecular flexibility index (Phi) is 4.21. The lowest BCUT2D eigenvalue weighted by Crippen LogP contribution is -2.42. The molecule has 2 amide bonds. The minimum atomic E-state index is -0.369. The minimum Gasteiger partial charge on any atom is -0.297 e. The van der Waals surface area contributed by atoms with E-state index < -0.39 is 0 Å². The first kappa shape index (κ1) is 14.7. The third-order valence-corrected chi connectivity index (χ3v) is 4.21. The summed E-state index contributed by atoms with van der Waals surface area (Å²) in [5, 5.41) is 1.92. The van der Waals surface area contributed by atoms with E-state index in [-0.39, 0.29) is 18.2 Å². The average molecular weight is 379 g/mol. The smallest absolute Gasteiger partial charge is 0.269 e. The molecule has 22 heavy (non-hydrogen) atoms. The Bertz CT molecular complexity index is 796. The lowest BCUT2D eigenvalue weighted by molar-refractivity contribution is -0.121. The van der Waals surface area contributed by atoms with Crippen molar-refractivity contribution in [2.75, 3.05) is 0 Å². The summed E-state index contributed by atoms with van der Waals surface area (Å²) in [6, 6.07) is 6.84. The summed E-state index contributed by atoms with van der Waals surface area (Å²) in [4.78, 5) is 28.8. The number of nitrogens with one attached hydrogen (secondary N) is 2. The fourth-order valence-corrected chi connectivity index (χ4v) is 2.85. The number of nitrogens with zero attached hydrogens (tertiary/aromatic N) is 2. The van der Waals surface area contributed by atoms with Gasteiger partial charge in [0.1, 0.15) is 0 Å². The van der Waals surface area contributed by atoms with Gasteiger partial charge in [-0.05, 0) is 24.3 Å². The number of carbonyl (C=O) groups is 2. The highest BCUT2D eigenvalue weighted by Gasteiger charge is 2.10. The van der Waals surface area contributed by atoms with Crippen molar-refractivity contribution in [1.82, 2.24) is 20.2 Å². The number of carbonyl (C=O) groups excluding carboxylic acids is 2. The third kappa shape index (κ3) is 3.34. The number of fused-ring (bicyclic) bond motifs is 1. The lowest BCUT2D eigenvalue weighted by Gasteiger charge is -2.06. The number of hydrogen-bond acceptors (Lipinski definition) is 4. The van der Waals surface area contributed by atoms with E-state index in [1.54, 1.807) is 30.5 Å². The molecule has 0 aliphatic heterocycles. The number of thiazole rings is 1. The molecule has 0 fully saturated rings. The van der Waals surface area contributed by atoms with Crippen LogP contribution in [0.4, 0.5) is 0 Å². The van der Waals surface area contributed by atoms with Gasteiger partial charge < -0.3 is 0 Å². The first-order valence-electron chi connectivity index (χ1n) is 6.37. The normalized spacial score (nSPS) is 10.6. The maximum Gasteiger partial charge on any atom is 0.269 e. The first-order chi connectivity index (χ1) is 10.6. The number of benzene rings is 1. The summed E-state index contributed by atoms with van der Waals surface area (Å²) in [7, 11) is 0. The van der Waals surface area contributed by atoms with Crippen LogP contribution in [0.25, 0.3) is 4.96 Å². The van der Waals surface area contributed by atoms with Crippen LogP contribution < -0.4 is 10.9 Å². The first-order valence-corrected chi connectivity index (χ1v) is 8.05. The van der Waals surface area contributed by atoms with Crippen LogP contribution in [0.5, 0.6) is 0 Å². The molecule has 0 saturated heterocycles. The molecule has 112 valence electrons. The van der Waals surface area contributed by atoms with Crippen molar-refractivity contribution in [3.05, 3.63) is 57.8 Å². The van der Waals surface area contributed by atoms with Crippen molar-refractivity contribution >= 4 is 44.0 Å². The second-order valence-corrected chi connectivity index (χ2v) is 6.30.